The van der Waals surface area contributed by atoms with Gasteiger partial charge in [-0.2, -0.15) is 0 Å². The average Bonchev–Trinajstić information content (AvgIpc) is 3.32. The summed E-state index contributed by atoms with van der Waals surface area (Å²) < 4.78 is 74.9. The quantitative estimate of drug-likeness (QED) is 0.452. The maximum absolute atomic E-state index is 11.9. The van der Waals surface area contributed by atoms with Crippen LogP contribution in [0.4, 0.5) is 0 Å². The number of sulfonamides is 1. The van der Waals surface area contributed by atoms with E-state index in [0.29, 0.717) is 6.61 Å². The predicted molar refractivity (Wildman–Crippen MR) is 134 cm³/mol. The Kier molecular flexibility index (Phi) is 8.02. The highest BCUT2D eigenvalue weighted by molar-refractivity contribution is 7.88. The first-order chi connectivity index (χ1) is 17.9. The second-order valence-electron chi connectivity index (χ2n) is 10.9. The van der Waals surface area contributed by atoms with Gasteiger partial charge in [0.2, 0.25) is 10.0 Å². The van der Waals surface area contributed by atoms with Gasteiger partial charge < -0.3 is 37.9 Å². The Balaban J connectivity index is 1.22. The Morgan fingerprint density at radius 1 is 0.842 bits per heavy atom. The first-order valence-corrected chi connectivity index (χ1v) is 14.7. The molecule has 5 rings (SSSR count). The van der Waals surface area contributed by atoms with Crippen molar-refractivity contribution in [1.29, 1.82) is 0 Å². The summed E-state index contributed by atoms with van der Waals surface area (Å²) in [5.41, 5.74) is 1.00. The van der Waals surface area contributed by atoms with Crippen LogP contribution < -0.4 is 4.72 Å². The van der Waals surface area contributed by atoms with E-state index >= 15 is 0 Å². The van der Waals surface area contributed by atoms with Gasteiger partial charge in [-0.3, -0.25) is 0 Å². The van der Waals surface area contributed by atoms with Crippen LogP contribution in [0, 0.1) is 0 Å². The van der Waals surface area contributed by atoms with E-state index in [1.807, 2.05) is 58.0 Å². The molecule has 1 aromatic carbocycles. The minimum Gasteiger partial charge on any atom is -0.374 e. The number of nitrogens with one attached hydrogen (secondary N) is 1. The van der Waals surface area contributed by atoms with Crippen LogP contribution in [0.5, 0.6) is 0 Å². The zero-order chi connectivity index (χ0) is 27.1. The standard InChI is InChI=1S/C26H37NO10S/c1-25(2)34-21-19(33-24-23(22(21)35-25)36-26(3,4)37-24)15-31-20-12-11-17(27-38(5,28)29)18(32-20)14-30-13-16-9-7-6-8-10-16/h6-12,17-24,27H,13-15H2,1-5H3/t17-,18-,19-,20-,21+,22+,23-,24-/m1/s1. The molecule has 4 aliphatic rings. The number of hydrogen-bond donors (Lipinski definition) is 1. The molecule has 1 aromatic rings. The van der Waals surface area contributed by atoms with Crippen molar-refractivity contribution in [2.45, 2.75) is 95.0 Å². The summed E-state index contributed by atoms with van der Waals surface area (Å²) in [7, 11) is -3.47. The fourth-order valence-electron chi connectivity index (χ4n) is 5.12. The molecule has 0 radical (unpaired) electrons. The van der Waals surface area contributed by atoms with Crippen LogP contribution in [-0.2, 0) is 54.5 Å². The molecule has 4 heterocycles. The van der Waals surface area contributed by atoms with Gasteiger partial charge >= 0.3 is 0 Å². The molecule has 0 aromatic heterocycles. The molecule has 0 saturated carbocycles. The zero-order valence-electron chi connectivity index (χ0n) is 22.3. The second-order valence-corrected chi connectivity index (χ2v) is 12.7. The molecule has 1 N–H and O–H groups in total. The van der Waals surface area contributed by atoms with Gasteiger partial charge in [-0.25, -0.2) is 13.1 Å². The van der Waals surface area contributed by atoms with E-state index in [-0.39, 0.29) is 19.3 Å². The van der Waals surface area contributed by atoms with Crippen LogP contribution in [0.15, 0.2) is 42.5 Å². The molecular formula is C26H37NO10S. The Hall–Kier alpha value is -1.45. The van der Waals surface area contributed by atoms with E-state index in [1.165, 1.54) is 0 Å². The lowest BCUT2D eigenvalue weighted by Gasteiger charge is -2.38. The Labute approximate surface area is 223 Å². The van der Waals surface area contributed by atoms with E-state index in [2.05, 4.69) is 4.72 Å². The Morgan fingerprint density at radius 2 is 1.53 bits per heavy atom. The number of hydrogen-bond acceptors (Lipinski definition) is 10. The topological polar surface area (TPSA) is 120 Å². The van der Waals surface area contributed by atoms with E-state index in [0.717, 1.165) is 11.8 Å². The monoisotopic (exact) mass is 555 g/mol. The number of fused-ring (bicyclic) bond motifs is 3. The molecule has 0 amide bonds. The SMILES string of the molecule is CC1(C)O[C@H]2[C@@H](O1)[C@@H](CO[C@H]1C=C[C@@H](NS(C)(=O)=O)[C@@H](COCc3ccccc3)O1)O[C@@H]1OC(C)(C)O[C@@H]12. The molecule has 8 atom stereocenters. The minimum atomic E-state index is -3.47. The van der Waals surface area contributed by atoms with Crippen molar-refractivity contribution < 1.29 is 46.3 Å². The molecule has 0 unspecified atom stereocenters. The van der Waals surface area contributed by atoms with Gasteiger partial charge in [0.05, 0.1) is 32.1 Å². The summed E-state index contributed by atoms with van der Waals surface area (Å²) in [5.74, 6) is -1.62. The van der Waals surface area contributed by atoms with Crippen molar-refractivity contribution in [2.75, 3.05) is 19.5 Å². The van der Waals surface area contributed by atoms with Crippen molar-refractivity contribution in [1.82, 2.24) is 4.72 Å². The second kappa shape index (κ2) is 10.8. The number of benzene rings is 1. The Morgan fingerprint density at radius 3 is 2.26 bits per heavy atom. The molecule has 4 aliphatic heterocycles. The van der Waals surface area contributed by atoms with Gasteiger partial charge in [0.15, 0.2) is 24.2 Å². The molecule has 3 fully saturated rings. The molecule has 0 aliphatic carbocycles. The van der Waals surface area contributed by atoms with E-state index in [1.54, 1.807) is 12.2 Å². The fraction of sp³-hybridized carbons (Fsp3) is 0.692. The maximum Gasteiger partial charge on any atom is 0.209 e. The summed E-state index contributed by atoms with van der Waals surface area (Å²) >= 11 is 0. The molecule has 3 saturated heterocycles. The first-order valence-electron chi connectivity index (χ1n) is 12.8. The van der Waals surface area contributed by atoms with Crippen molar-refractivity contribution in [3.05, 3.63) is 48.0 Å². The van der Waals surface area contributed by atoms with Crippen LogP contribution in [0.2, 0.25) is 0 Å². The average molecular weight is 556 g/mol. The number of rotatable bonds is 9. The summed E-state index contributed by atoms with van der Waals surface area (Å²) in [6.07, 6.45) is 0.791. The van der Waals surface area contributed by atoms with Crippen LogP contribution >= 0.6 is 0 Å². The molecule has 11 nitrogen and oxygen atoms in total. The van der Waals surface area contributed by atoms with Gasteiger partial charge in [0.25, 0.3) is 0 Å². The van der Waals surface area contributed by atoms with Crippen molar-refractivity contribution in [3.8, 4) is 0 Å². The highest BCUT2D eigenvalue weighted by atomic mass is 32.2. The van der Waals surface area contributed by atoms with Crippen LogP contribution in [0.3, 0.4) is 0 Å². The molecular weight excluding hydrogens is 518 g/mol. The third-order valence-corrected chi connectivity index (χ3v) is 7.30. The van der Waals surface area contributed by atoms with E-state index in [9.17, 15) is 8.42 Å². The Bertz CT molecular complexity index is 1090. The zero-order valence-corrected chi connectivity index (χ0v) is 23.1. The maximum atomic E-state index is 11.9. The van der Waals surface area contributed by atoms with Crippen LogP contribution in [-0.4, -0.2) is 88.6 Å². The summed E-state index contributed by atoms with van der Waals surface area (Å²) in [6, 6.07) is 9.11. The third kappa shape index (κ3) is 6.81. The summed E-state index contributed by atoms with van der Waals surface area (Å²) in [4.78, 5) is 0. The van der Waals surface area contributed by atoms with Gasteiger partial charge in [0.1, 0.15) is 30.5 Å². The van der Waals surface area contributed by atoms with Crippen LogP contribution in [0.1, 0.15) is 33.3 Å². The van der Waals surface area contributed by atoms with E-state index in [4.69, 9.17) is 37.9 Å². The van der Waals surface area contributed by atoms with Crippen LogP contribution in [0.25, 0.3) is 0 Å². The highest BCUT2D eigenvalue weighted by Gasteiger charge is 2.60. The minimum absolute atomic E-state index is 0.129. The van der Waals surface area contributed by atoms with Gasteiger partial charge in [0, 0.05) is 0 Å². The molecule has 212 valence electrons. The molecule has 0 bridgehead atoms. The lowest BCUT2D eigenvalue weighted by Crippen LogP contribution is -2.56. The van der Waals surface area contributed by atoms with Gasteiger partial charge in [-0.1, -0.05) is 36.4 Å². The lowest BCUT2D eigenvalue weighted by atomic mass is 9.99. The lowest BCUT2D eigenvalue weighted by molar-refractivity contribution is -0.257. The van der Waals surface area contributed by atoms with Crippen molar-refractivity contribution in [2.24, 2.45) is 0 Å². The summed E-state index contributed by atoms with van der Waals surface area (Å²) in [5, 5.41) is 0. The molecule has 12 heteroatoms. The largest absolute Gasteiger partial charge is 0.374 e. The molecule has 0 spiro atoms. The fourth-order valence-corrected chi connectivity index (χ4v) is 5.85. The predicted octanol–water partition coefficient (Wildman–Crippen LogP) is 1.82. The third-order valence-electron chi connectivity index (χ3n) is 6.60. The number of ether oxygens (including phenoxy) is 8. The molecule has 38 heavy (non-hydrogen) atoms. The highest BCUT2D eigenvalue weighted by Crippen LogP contribution is 2.44. The smallest absolute Gasteiger partial charge is 0.209 e. The summed E-state index contributed by atoms with van der Waals surface area (Å²) in [6.45, 7) is 8.02. The first kappa shape index (κ1) is 28.1. The van der Waals surface area contributed by atoms with Gasteiger partial charge in [-0.05, 0) is 39.3 Å². The van der Waals surface area contributed by atoms with Crippen molar-refractivity contribution in [3.63, 3.8) is 0 Å². The van der Waals surface area contributed by atoms with Crippen molar-refractivity contribution >= 4 is 10.0 Å². The van der Waals surface area contributed by atoms with E-state index < -0.39 is 64.6 Å². The van der Waals surface area contributed by atoms with Gasteiger partial charge in [-0.15, -0.1) is 0 Å². The normalized spacial score (nSPS) is 37.6.